The van der Waals surface area contributed by atoms with Crippen LogP contribution in [0.5, 0.6) is 0 Å². The van der Waals surface area contributed by atoms with E-state index >= 15 is 0 Å². The molecule has 0 bridgehead atoms. The second-order valence-electron chi connectivity index (χ2n) is 6.96. The van der Waals surface area contributed by atoms with Crippen LogP contribution in [0.15, 0.2) is 29.5 Å². The fourth-order valence-corrected chi connectivity index (χ4v) is 3.42. The number of hydrogen-bond donors (Lipinski definition) is 2. The van der Waals surface area contributed by atoms with E-state index in [-0.39, 0.29) is 22.7 Å². The van der Waals surface area contributed by atoms with Crippen molar-refractivity contribution >= 4 is 29.4 Å². The summed E-state index contributed by atoms with van der Waals surface area (Å²) in [5, 5.41) is 25.1. The van der Waals surface area contributed by atoms with Gasteiger partial charge >= 0.3 is 0 Å². The standard InChI is InChI=1S/C19H23FN7O4/c20-15-13-21-19(23-18(15)26-5-9-31-10-6-26)24-22-12-14-1-2-16(17(11-14)27(28)29)25-3-7-30-8-4-25/h1-2,11-13,28H,3-10H2,(H,21,23,24)/q-1. The summed E-state index contributed by atoms with van der Waals surface area (Å²) in [4.78, 5) is 11.8. The Hall–Kier alpha value is -3.06. The van der Waals surface area contributed by atoms with E-state index < -0.39 is 5.82 Å². The first kappa shape index (κ1) is 21.2. The van der Waals surface area contributed by atoms with Gasteiger partial charge in [-0.05, 0) is 17.7 Å². The van der Waals surface area contributed by atoms with Crippen LogP contribution in [-0.4, -0.2) is 74.0 Å². The predicted octanol–water partition coefficient (Wildman–Crippen LogP) is 1.43. The molecule has 31 heavy (non-hydrogen) atoms. The van der Waals surface area contributed by atoms with E-state index in [9.17, 15) is 14.8 Å². The Kier molecular flexibility index (Phi) is 6.72. The number of aromatic nitrogens is 2. The molecule has 0 aliphatic carbocycles. The molecule has 0 atom stereocenters. The largest absolute Gasteiger partial charge is 0.733 e. The van der Waals surface area contributed by atoms with E-state index in [4.69, 9.17) is 9.47 Å². The third kappa shape index (κ3) is 5.17. The lowest BCUT2D eigenvalue weighted by Gasteiger charge is -2.34. The number of hydrogen-bond acceptors (Lipinski definition) is 11. The van der Waals surface area contributed by atoms with Crippen LogP contribution in [0.2, 0.25) is 0 Å². The SMILES string of the molecule is [O-]N(O)c1cc(C=NNc2ncc(F)c(N3CCOCC3)n2)ccc1N1CCOCC1. The predicted molar refractivity (Wildman–Crippen MR) is 113 cm³/mol. The molecule has 1 aromatic heterocycles. The molecule has 0 saturated carbocycles. The van der Waals surface area contributed by atoms with Gasteiger partial charge in [0.2, 0.25) is 5.95 Å². The van der Waals surface area contributed by atoms with Crippen molar-refractivity contribution in [1.82, 2.24) is 9.97 Å². The van der Waals surface area contributed by atoms with Gasteiger partial charge in [0.05, 0.1) is 50.2 Å². The number of nitrogens with zero attached hydrogens (tertiary/aromatic N) is 6. The Bertz CT molecular complexity index is 918. The van der Waals surface area contributed by atoms with Crippen LogP contribution in [0, 0.1) is 11.0 Å². The molecule has 0 radical (unpaired) electrons. The van der Waals surface area contributed by atoms with E-state index in [1.807, 2.05) is 4.90 Å². The lowest BCUT2D eigenvalue weighted by Crippen LogP contribution is -2.37. The van der Waals surface area contributed by atoms with Crippen molar-refractivity contribution in [2.24, 2.45) is 5.10 Å². The van der Waals surface area contributed by atoms with Gasteiger partial charge in [0.25, 0.3) is 0 Å². The summed E-state index contributed by atoms with van der Waals surface area (Å²) in [6.07, 6.45) is 2.54. The number of ether oxygens (including phenoxy) is 2. The molecule has 0 spiro atoms. The summed E-state index contributed by atoms with van der Waals surface area (Å²) >= 11 is 0. The van der Waals surface area contributed by atoms with Gasteiger partial charge in [0.1, 0.15) is 0 Å². The fraction of sp³-hybridized carbons (Fsp3) is 0.421. The maximum atomic E-state index is 14.1. The van der Waals surface area contributed by atoms with Gasteiger partial charge in [-0.1, -0.05) is 6.07 Å². The van der Waals surface area contributed by atoms with Crippen molar-refractivity contribution in [3.05, 3.63) is 41.0 Å². The molecule has 0 unspecified atom stereocenters. The van der Waals surface area contributed by atoms with Crippen LogP contribution in [0.25, 0.3) is 0 Å². The molecular weight excluding hydrogens is 409 g/mol. The molecule has 11 nitrogen and oxygen atoms in total. The highest BCUT2D eigenvalue weighted by atomic mass is 19.1. The van der Waals surface area contributed by atoms with Crippen LogP contribution < -0.4 is 20.5 Å². The maximum absolute atomic E-state index is 14.1. The molecule has 2 aliphatic rings. The molecule has 2 N–H and O–H groups in total. The molecule has 166 valence electrons. The first-order valence-corrected chi connectivity index (χ1v) is 9.89. The molecule has 2 saturated heterocycles. The highest BCUT2D eigenvalue weighted by Crippen LogP contribution is 2.30. The smallest absolute Gasteiger partial charge is 0.245 e. The van der Waals surface area contributed by atoms with Gasteiger partial charge in [-0.3, -0.25) is 5.21 Å². The van der Waals surface area contributed by atoms with Crippen molar-refractivity contribution in [1.29, 1.82) is 0 Å². The van der Waals surface area contributed by atoms with E-state index in [0.717, 1.165) is 6.20 Å². The number of morpholine rings is 2. The first-order chi connectivity index (χ1) is 15.1. The number of nitrogens with one attached hydrogen (secondary N) is 1. The summed E-state index contributed by atoms with van der Waals surface area (Å²) in [6.45, 7) is 4.47. The molecule has 2 fully saturated rings. The zero-order valence-electron chi connectivity index (χ0n) is 16.8. The number of rotatable bonds is 6. The Morgan fingerprint density at radius 2 is 1.81 bits per heavy atom. The molecule has 0 amide bonds. The van der Waals surface area contributed by atoms with Crippen LogP contribution in [0.4, 0.5) is 27.5 Å². The molecular formula is C19H23FN7O4-. The topological polar surface area (TPSA) is 122 Å². The second-order valence-corrected chi connectivity index (χ2v) is 6.96. The minimum absolute atomic E-state index is 0.110. The summed E-state index contributed by atoms with van der Waals surface area (Å²) in [5.41, 5.74) is 3.97. The van der Waals surface area contributed by atoms with Crippen LogP contribution >= 0.6 is 0 Å². The minimum atomic E-state index is -0.516. The lowest BCUT2D eigenvalue weighted by molar-refractivity contribution is 0.122. The summed E-state index contributed by atoms with van der Waals surface area (Å²) < 4.78 is 24.7. The molecule has 12 heteroatoms. The molecule has 2 aliphatic heterocycles. The van der Waals surface area contributed by atoms with Crippen LogP contribution in [0.3, 0.4) is 0 Å². The Morgan fingerprint density at radius 1 is 1.13 bits per heavy atom. The normalized spacial score (nSPS) is 17.3. The van der Waals surface area contributed by atoms with E-state index in [2.05, 4.69) is 20.5 Å². The molecule has 1 aromatic carbocycles. The average molecular weight is 432 g/mol. The second kappa shape index (κ2) is 9.83. The maximum Gasteiger partial charge on any atom is 0.245 e. The van der Waals surface area contributed by atoms with E-state index in [1.54, 1.807) is 17.0 Å². The highest BCUT2D eigenvalue weighted by molar-refractivity contribution is 5.85. The van der Waals surface area contributed by atoms with Gasteiger partial charge in [-0.15, -0.1) is 0 Å². The van der Waals surface area contributed by atoms with Gasteiger partial charge in [-0.25, -0.2) is 14.8 Å². The van der Waals surface area contributed by atoms with Crippen molar-refractivity contribution in [2.75, 3.05) is 73.1 Å². The quantitative estimate of drug-likeness (QED) is 0.512. The third-order valence-corrected chi connectivity index (χ3v) is 4.97. The summed E-state index contributed by atoms with van der Waals surface area (Å²) in [7, 11) is 0. The number of hydrazone groups is 1. The van der Waals surface area contributed by atoms with Crippen molar-refractivity contribution < 1.29 is 19.1 Å². The van der Waals surface area contributed by atoms with Gasteiger partial charge in [0.15, 0.2) is 11.6 Å². The zero-order chi connectivity index (χ0) is 21.6. The summed E-state index contributed by atoms with van der Waals surface area (Å²) in [6, 6.07) is 5.04. The van der Waals surface area contributed by atoms with Crippen molar-refractivity contribution in [3.8, 4) is 0 Å². The average Bonchev–Trinajstić information content (AvgIpc) is 2.81. The van der Waals surface area contributed by atoms with Gasteiger partial charge in [0, 0.05) is 26.2 Å². The Morgan fingerprint density at radius 3 is 2.48 bits per heavy atom. The highest BCUT2D eigenvalue weighted by Gasteiger charge is 2.18. The monoisotopic (exact) mass is 432 g/mol. The molecule has 4 rings (SSSR count). The zero-order valence-corrected chi connectivity index (χ0v) is 16.8. The lowest BCUT2D eigenvalue weighted by atomic mass is 10.1. The number of anilines is 4. The number of benzene rings is 1. The molecule has 2 aromatic rings. The fourth-order valence-electron chi connectivity index (χ4n) is 3.42. The van der Waals surface area contributed by atoms with Crippen LogP contribution in [0.1, 0.15) is 5.56 Å². The van der Waals surface area contributed by atoms with Gasteiger partial charge in [-0.2, -0.15) is 10.1 Å². The van der Waals surface area contributed by atoms with Gasteiger partial charge < -0.3 is 29.7 Å². The van der Waals surface area contributed by atoms with Crippen molar-refractivity contribution in [3.63, 3.8) is 0 Å². The Balaban J connectivity index is 1.46. The third-order valence-electron chi connectivity index (χ3n) is 4.97. The van der Waals surface area contributed by atoms with Crippen molar-refractivity contribution in [2.45, 2.75) is 0 Å². The van der Waals surface area contributed by atoms with Crippen LogP contribution in [-0.2, 0) is 9.47 Å². The molecule has 3 heterocycles. The first-order valence-electron chi connectivity index (χ1n) is 9.89. The van der Waals surface area contributed by atoms with E-state index in [1.165, 1.54) is 12.3 Å². The minimum Gasteiger partial charge on any atom is -0.733 e. The number of halogens is 1. The van der Waals surface area contributed by atoms with E-state index in [0.29, 0.717) is 63.9 Å². The Labute approximate surface area is 178 Å². The summed E-state index contributed by atoms with van der Waals surface area (Å²) in [5.74, 6) is -0.189.